The molecule has 10 heavy (non-hydrogen) atoms. The average molecular weight is 136 g/mol. The number of benzene rings is 1. The van der Waals surface area contributed by atoms with E-state index in [9.17, 15) is 0 Å². The highest BCUT2D eigenvalue weighted by Gasteiger charge is 1.82. The van der Waals surface area contributed by atoms with Gasteiger partial charge in [-0.15, -0.1) is 0 Å². The van der Waals surface area contributed by atoms with Crippen LogP contribution in [0.5, 0.6) is 0 Å². The van der Waals surface area contributed by atoms with E-state index < -0.39 is 0 Å². The van der Waals surface area contributed by atoms with E-state index >= 15 is 0 Å². The van der Waals surface area contributed by atoms with Crippen LogP contribution in [0.3, 0.4) is 0 Å². The Morgan fingerprint density at radius 3 is 2.50 bits per heavy atom. The highest BCUT2D eigenvalue weighted by molar-refractivity contribution is 5.41. The van der Waals surface area contributed by atoms with Crippen molar-refractivity contribution in [2.24, 2.45) is 16.3 Å². The van der Waals surface area contributed by atoms with Gasteiger partial charge in [-0.3, -0.25) is 5.43 Å². The van der Waals surface area contributed by atoms with Crippen molar-refractivity contribution in [1.29, 1.82) is 0 Å². The number of hydrogen-bond donors (Lipinski definition) is 2. The molecule has 1 rings (SSSR count). The highest BCUT2D eigenvalue weighted by Crippen LogP contribution is 2.03. The highest BCUT2D eigenvalue weighted by atomic mass is 15.5. The molecule has 0 saturated heterocycles. The first-order chi connectivity index (χ1) is 4.93. The summed E-state index contributed by atoms with van der Waals surface area (Å²) in [4.78, 5) is 0. The van der Waals surface area contributed by atoms with E-state index in [4.69, 9.17) is 5.84 Å². The lowest BCUT2D eigenvalue weighted by molar-refractivity contribution is 1.00. The van der Waals surface area contributed by atoms with Gasteiger partial charge in [0, 0.05) is 0 Å². The summed E-state index contributed by atoms with van der Waals surface area (Å²) in [6.07, 6.45) is 0. The zero-order valence-corrected chi connectivity index (χ0v) is 5.36. The molecule has 0 radical (unpaired) electrons. The van der Waals surface area contributed by atoms with E-state index in [1.807, 2.05) is 30.3 Å². The fourth-order valence-electron chi connectivity index (χ4n) is 0.599. The molecule has 0 aliphatic rings. The molecule has 0 fully saturated rings. The van der Waals surface area contributed by atoms with Crippen LogP contribution >= 0.6 is 0 Å². The molecule has 1 aromatic carbocycles. The number of nitrogens with two attached hydrogens (primary N) is 1. The van der Waals surface area contributed by atoms with E-state index in [1.54, 1.807) is 0 Å². The van der Waals surface area contributed by atoms with Gasteiger partial charge in [0.15, 0.2) is 0 Å². The van der Waals surface area contributed by atoms with Crippen LogP contribution in [0.15, 0.2) is 40.8 Å². The molecule has 1 aromatic rings. The van der Waals surface area contributed by atoms with Crippen LogP contribution in [-0.4, -0.2) is 0 Å². The van der Waals surface area contributed by atoms with Crippen LogP contribution in [0.25, 0.3) is 0 Å². The summed E-state index contributed by atoms with van der Waals surface area (Å²) in [6.45, 7) is 0. The molecule has 0 spiro atoms. The van der Waals surface area contributed by atoms with Crippen molar-refractivity contribution in [3.05, 3.63) is 30.3 Å². The number of para-hydroxylation sites is 1. The molecule has 52 valence electrons. The average Bonchev–Trinajstić information content (AvgIpc) is 2.03. The zero-order chi connectivity index (χ0) is 7.23. The third-order valence-electron chi connectivity index (χ3n) is 1.01. The standard InChI is InChI=1S/C6H8N4/c7-9-10-8-6-4-2-1-3-5-6/h1-5H,(H2,7,10)(H,8,9). The normalized spacial score (nSPS) is 10.0. The van der Waals surface area contributed by atoms with Gasteiger partial charge in [0.05, 0.1) is 5.69 Å². The Bertz CT molecular complexity index is 206. The number of anilines is 1. The van der Waals surface area contributed by atoms with Gasteiger partial charge < -0.3 is 5.84 Å². The minimum atomic E-state index is 0.872. The summed E-state index contributed by atoms with van der Waals surface area (Å²) in [5, 5.41) is 6.44. The van der Waals surface area contributed by atoms with Gasteiger partial charge in [0.1, 0.15) is 0 Å². The third kappa shape index (κ3) is 1.74. The molecule has 4 nitrogen and oxygen atoms in total. The van der Waals surface area contributed by atoms with E-state index in [2.05, 4.69) is 15.9 Å². The van der Waals surface area contributed by atoms with Crippen LogP contribution in [0, 0.1) is 0 Å². The molecule has 4 heteroatoms. The fraction of sp³-hybridized carbons (Fsp3) is 0. The summed E-state index contributed by atoms with van der Waals surface area (Å²) in [5.74, 6) is 4.77. The van der Waals surface area contributed by atoms with E-state index in [0.29, 0.717) is 0 Å². The SMILES string of the molecule is N/N=N/Nc1ccccc1. The molecule has 0 amide bonds. The molecular formula is C6H8N4. The number of rotatable bonds is 2. The van der Waals surface area contributed by atoms with Crippen molar-refractivity contribution >= 4 is 5.69 Å². The van der Waals surface area contributed by atoms with Crippen molar-refractivity contribution in [3.63, 3.8) is 0 Å². The van der Waals surface area contributed by atoms with Crippen molar-refractivity contribution in [2.75, 3.05) is 5.43 Å². The lowest BCUT2D eigenvalue weighted by Gasteiger charge is -1.94. The zero-order valence-electron chi connectivity index (χ0n) is 5.36. The van der Waals surface area contributed by atoms with E-state index in [-0.39, 0.29) is 0 Å². The largest absolute Gasteiger partial charge is 0.303 e. The second-order valence-corrected chi connectivity index (χ2v) is 1.69. The monoisotopic (exact) mass is 136 g/mol. The summed E-state index contributed by atoms with van der Waals surface area (Å²) in [5.41, 5.74) is 3.50. The van der Waals surface area contributed by atoms with Crippen molar-refractivity contribution in [1.82, 2.24) is 0 Å². The second-order valence-electron chi connectivity index (χ2n) is 1.69. The van der Waals surface area contributed by atoms with Crippen molar-refractivity contribution < 1.29 is 0 Å². The summed E-state index contributed by atoms with van der Waals surface area (Å²) < 4.78 is 0. The van der Waals surface area contributed by atoms with Crippen molar-refractivity contribution in [3.8, 4) is 0 Å². The smallest absolute Gasteiger partial charge is 0.0579 e. The summed E-state index contributed by atoms with van der Waals surface area (Å²) in [7, 11) is 0. The van der Waals surface area contributed by atoms with Gasteiger partial charge in [-0.1, -0.05) is 28.6 Å². The Labute approximate surface area is 58.7 Å². The van der Waals surface area contributed by atoms with E-state index in [0.717, 1.165) is 5.69 Å². The molecule has 0 unspecified atom stereocenters. The molecule has 0 atom stereocenters. The van der Waals surface area contributed by atoms with Crippen LogP contribution in [0.2, 0.25) is 0 Å². The Balaban J connectivity index is 2.59. The molecular weight excluding hydrogens is 128 g/mol. The maximum atomic E-state index is 4.77. The lowest BCUT2D eigenvalue weighted by Crippen LogP contribution is -1.87. The van der Waals surface area contributed by atoms with Crippen molar-refractivity contribution in [2.45, 2.75) is 0 Å². The molecule has 0 saturated carbocycles. The van der Waals surface area contributed by atoms with Gasteiger partial charge in [-0.05, 0) is 12.1 Å². The predicted molar refractivity (Wildman–Crippen MR) is 39.1 cm³/mol. The Morgan fingerprint density at radius 2 is 1.90 bits per heavy atom. The van der Waals surface area contributed by atoms with Gasteiger partial charge in [-0.25, -0.2) is 0 Å². The summed E-state index contributed by atoms with van der Waals surface area (Å²) in [6, 6.07) is 9.46. The maximum absolute atomic E-state index is 4.77. The van der Waals surface area contributed by atoms with Gasteiger partial charge in [-0.2, -0.15) is 0 Å². The Kier molecular flexibility index (Phi) is 2.25. The van der Waals surface area contributed by atoms with Crippen LogP contribution in [0.1, 0.15) is 0 Å². The third-order valence-corrected chi connectivity index (χ3v) is 1.01. The van der Waals surface area contributed by atoms with Crippen LogP contribution in [0.4, 0.5) is 5.69 Å². The molecule has 0 heterocycles. The Morgan fingerprint density at radius 1 is 1.20 bits per heavy atom. The fourth-order valence-corrected chi connectivity index (χ4v) is 0.599. The lowest BCUT2D eigenvalue weighted by atomic mass is 10.3. The first-order valence-corrected chi connectivity index (χ1v) is 2.84. The number of nitrogens with one attached hydrogen (secondary N) is 1. The minimum Gasteiger partial charge on any atom is -0.303 e. The number of nitrogens with zero attached hydrogens (tertiary/aromatic N) is 2. The molecule has 0 bridgehead atoms. The predicted octanol–water partition coefficient (Wildman–Crippen LogP) is 1.34. The second kappa shape index (κ2) is 3.45. The van der Waals surface area contributed by atoms with Gasteiger partial charge >= 0.3 is 0 Å². The van der Waals surface area contributed by atoms with Gasteiger partial charge in [0.2, 0.25) is 0 Å². The quantitative estimate of drug-likeness (QED) is 0.366. The van der Waals surface area contributed by atoms with Crippen LogP contribution in [-0.2, 0) is 0 Å². The Hall–Kier alpha value is -1.58. The number of hydrogen-bond acceptors (Lipinski definition) is 2. The molecule has 0 aromatic heterocycles. The molecule has 0 aliphatic carbocycles. The van der Waals surface area contributed by atoms with Gasteiger partial charge in [0.25, 0.3) is 0 Å². The maximum Gasteiger partial charge on any atom is 0.0579 e. The first-order valence-electron chi connectivity index (χ1n) is 2.84. The van der Waals surface area contributed by atoms with Crippen LogP contribution < -0.4 is 11.3 Å². The minimum absolute atomic E-state index is 0.872. The summed E-state index contributed by atoms with van der Waals surface area (Å²) >= 11 is 0. The molecule has 0 aliphatic heterocycles. The first kappa shape index (κ1) is 6.54. The topological polar surface area (TPSA) is 62.8 Å². The molecule has 3 N–H and O–H groups in total. The van der Waals surface area contributed by atoms with E-state index in [1.165, 1.54) is 0 Å².